The third kappa shape index (κ3) is 4.69. The van der Waals surface area contributed by atoms with Gasteiger partial charge in [0.2, 0.25) is 10.0 Å². The van der Waals surface area contributed by atoms with Crippen LogP contribution >= 0.6 is 39.1 Å². The summed E-state index contributed by atoms with van der Waals surface area (Å²) in [5.41, 5.74) is 1.55. The lowest BCUT2D eigenvalue weighted by molar-refractivity contribution is 0.0694. The van der Waals surface area contributed by atoms with Crippen LogP contribution in [0.5, 0.6) is 0 Å². The highest BCUT2D eigenvalue weighted by molar-refractivity contribution is 9.10. The van der Waals surface area contributed by atoms with E-state index in [0.29, 0.717) is 37.5 Å². The zero-order valence-corrected chi connectivity index (χ0v) is 22.8. The molecule has 0 aliphatic carbocycles. The summed E-state index contributed by atoms with van der Waals surface area (Å²) in [6.45, 7) is 3.08. The first kappa shape index (κ1) is 24.9. The lowest BCUT2D eigenvalue weighted by Gasteiger charge is -2.36. The number of anilines is 1. The Morgan fingerprint density at radius 1 is 0.914 bits per heavy atom. The summed E-state index contributed by atoms with van der Waals surface area (Å²) in [5, 5.41) is 1.05. The largest absolute Gasteiger partial charge is 0.451 e. The summed E-state index contributed by atoms with van der Waals surface area (Å²) in [5.74, 6) is 0.263. The molecule has 0 radical (unpaired) electrons. The van der Waals surface area contributed by atoms with Crippen molar-refractivity contribution >= 4 is 71.7 Å². The maximum Gasteiger partial charge on any atom is 0.289 e. The molecule has 2 saturated heterocycles. The van der Waals surface area contributed by atoms with Crippen LogP contribution in [0.2, 0.25) is 10.0 Å². The topological polar surface area (TPSA) is 74.1 Å². The zero-order chi connectivity index (χ0) is 24.7. The zero-order valence-electron chi connectivity index (χ0n) is 18.8. The number of sulfonamides is 1. The van der Waals surface area contributed by atoms with Crippen LogP contribution in [0, 0.1) is 0 Å². The molecule has 1 aromatic heterocycles. The summed E-state index contributed by atoms with van der Waals surface area (Å²) >= 11 is 16.0. The quantitative estimate of drug-likeness (QED) is 0.387. The Labute approximate surface area is 222 Å². The number of carbonyl (C=O) groups excluding carboxylic acids is 1. The van der Waals surface area contributed by atoms with E-state index in [0.717, 1.165) is 47.9 Å². The molecule has 0 atom stereocenters. The Bertz CT molecular complexity index is 1360. The van der Waals surface area contributed by atoms with E-state index in [4.69, 9.17) is 27.6 Å². The van der Waals surface area contributed by atoms with Crippen molar-refractivity contribution in [2.75, 3.05) is 44.2 Å². The molecule has 0 bridgehead atoms. The van der Waals surface area contributed by atoms with Gasteiger partial charge in [-0.2, -0.15) is 4.31 Å². The maximum atomic E-state index is 13.2. The van der Waals surface area contributed by atoms with Crippen LogP contribution in [0.25, 0.3) is 11.0 Å². The summed E-state index contributed by atoms with van der Waals surface area (Å²) in [6.07, 6.45) is 3.19. The fourth-order valence-electron chi connectivity index (χ4n) is 4.70. The number of hydrogen-bond donors (Lipinski definition) is 0. The predicted molar refractivity (Wildman–Crippen MR) is 141 cm³/mol. The molecule has 1 amide bonds. The molecular formula is C24H24BrCl2N3O4S. The molecule has 186 valence electrons. The molecule has 5 rings (SSSR count). The number of piperazine rings is 1. The molecule has 2 aromatic carbocycles. The van der Waals surface area contributed by atoms with Crippen LogP contribution in [0.15, 0.2) is 50.2 Å². The maximum absolute atomic E-state index is 13.2. The van der Waals surface area contributed by atoms with Crippen molar-refractivity contribution in [2.24, 2.45) is 0 Å². The fourth-order valence-corrected chi connectivity index (χ4v) is 7.90. The minimum Gasteiger partial charge on any atom is -0.451 e. The standard InChI is InChI=1S/C24H24BrCl2N3O4S/c25-22-16-15-21(24(31)29-9-2-1-3-10-29)34-20(16)8-7-19(22)28-11-13-30(14-12-28)35(32,33)23-17(26)5-4-6-18(23)27/h4-8,15H,1-3,9-14H2. The monoisotopic (exact) mass is 599 g/mol. The average molecular weight is 601 g/mol. The first-order valence-electron chi connectivity index (χ1n) is 11.5. The molecular weight excluding hydrogens is 577 g/mol. The van der Waals surface area contributed by atoms with Crippen LogP contribution in [-0.4, -0.2) is 62.8 Å². The van der Waals surface area contributed by atoms with Crippen molar-refractivity contribution in [3.8, 4) is 0 Å². The number of benzene rings is 2. The lowest BCUT2D eigenvalue weighted by atomic mass is 10.1. The summed E-state index contributed by atoms with van der Waals surface area (Å²) < 4.78 is 34.5. The van der Waals surface area contributed by atoms with Crippen molar-refractivity contribution in [3.05, 3.63) is 56.7 Å². The number of fused-ring (bicyclic) bond motifs is 1. The molecule has 0 unspecified atom stereocenters. The molecule has 3 aromatic rings. The van der Waals surface area contributed by atoms with Gasteiger partial charge < -0.3 is 14.2 Å². The number of likely N-dealkylation sites (tertiary alicyclic amines) is 1. The molecule has 35 heavy (non-hydrogen) atoms. The van der Waals surface area contributed by atoms with Crippen LogP contribution in [0.4, 0.5) is 5.69 Å². The van der Waals surface area contributed by atoms with Gasteiger partial charge in [-0.3, -0.25) is 4.79 Å². The first-order valence-corrected chi connectivity index (χ1v) is 14.5. The number of hydrogen-bond acceptors (Lipinski definition) is 5. The van der Waals surface area contributed by atoms with Gasteiger partial charge in [0, 0.05) is 44.7 Å². The minimum absolute atomic E-state index is 0.0521. The molecule has 2 aliphatic rings. The van der Waals surface area contributed by atoms with Gasteiger partial charge in [0.1, 0.15) is 10.5 Å². The number of carbonyl (C=O) groups is 1. The van der Waals surface area contributed by atoms with E-state index in [1.165, 1.54) is 16.4 Å². The van der Waals surface area contributed by atoms with Gasteiger partial charge in [-0.25, -0.2) is 8.42 Å². The number of furan rings is 1. The average Bonchev–Trinajstić information content (AvgIpc) is 3.30. The van der Waals surface area contributed by atoms with Crippen molar-refractivity contribution in [3.63, 3.8) is 0 Å². The van der Waals surface area contributed by atoms with Gasteiger partial charge in [0.25, 0.3) is 5.91 Å². The number of nitrogens with zero attached hydrogens (tertiary/aromatic N) is 3. The Balaban J connectivity index is 1.34. The van der Waals surface area contributed by atoms with Gasteiger partial charge in [-0.1, -0.05) is 29.3 Å². The van der Waals surface area contributed by atoms with Crippen LogP contribution in [0.1, 0.15) is 29.8 Å². The first-order chi connectivity index (χ1) is 16.8. The Kier molecular flexibility index (Phi) is 7.07. The molecule has 0 spiro atoms. The summed E-state index contributed by atoms with van der Waals surface area (Å²) in [7, 11) is -3.82. The highest BCUT2D eigenvalue weighted by Gasteiger charge is 2.32. The molecule has 2 fully saturated rings. The van der Waals surface area contributed by atoms with Crippen molar-refractivity contribution < 1.29 is 17.6 Å². The second-order valence-corrected chi connectivity index (χ2v) is 12.2. The lowest BCUT2D eigenvalue weighted by Crippen LogP contribution is -2.48. The summed E-state index contributed by atoms with van der Waals surface area (Å²) in [4.78, 5) is 16.8. The van der Waals surface area contributed by atoms with Gasteiger partial charge in [-0.15, -0.1) is 0 Å². The molecule has 0 N–H and O–H groups in total. The van der Waals surface area contributed by atoms with E-state index in [-0.39, 0.29) is 20.8 Å². The van der Waals surface area contributed by atoms with E-state index >= 15 is 0 Å². The number of halogens is 3. The van der Waals surface area contributed by atoms with E-state index in [9.17, 15) is 13.2 Å². The smallest absolute Gasteiger partial charge is 0.289 e. The normalized spacial score (nSPS) is 17.8. The molecule has 3 heterocycles. The minimum atomic E-state index is -3.82. The number of rotatable bonds is 4. The van der Waals surface area contributed by atoms with Crippen LogP contribution in [0.3, 0.4) is 0 Å². The SMILES string of the molecule is O=C(c1cc2c(Br)c(N3CCN(S(=O)(=O)c4c(Cl)cccc4Cl)CC3)ccc2o1)N1CCCCC1. The van der Waals surface area contributed by atoms with Gasteiger partial charge >= 0.3 is 0 Å². The second-order valence-electron chi connectivity index (χ2n) is 8.72. The molecule has 7 nitrogen and oxygen atoms in total. The third-order valence-corrected chi connectivity index (χ3v) is 10.3. The van der Waals surface area contributed by atoms with Gasteiger partial charge in [-0.05, 0) is 65.5 Å². The Morgan fingerprint density at radius 2 is 1.57 bits per heavy atom. The van der Waals surface area contributed by atoms with E-state index in [1.807, 2.05) is 17.0 Å². The van der Waals surface area contributed by atoms with E-state index in [1.54, 1.807) is 12.1 Å². The van der Waals surface area contributed by atoms with Crippen molar-refractivity contribution in [1.29, 1.82) is 0 Å². The summed E-state index contributed by atoms with van der Waals surface area (Å²) in [6, 6.07) is 10.3. The number of amides is 1. The Morgan fingerprint density at radius 3 is 2.23 bits per heavy atom. The van der Waals surface area contributed by atoms with Crippen LogP contribution in [-0.2, 0) is 10.0 Å². The van der Waals surface area contributed by atoms with Gasteiger partial charge in [0.15, 0.2) is 5.76 Å². The molecule has 0 saturated carbocycles. The Hall–Kier alpha value is -1.78. The fraction of sp³-hybridized carbons (Fsp3) is 0.375. The van der Waals surface area contributed by atoms with Crippen LogP contribution < -0.4 is 4.90 Å². The second kappa shape index (κ2) is 9.94. The van der Waals surface area contributed by atoms with Gasteiger partial charge in [0.05, 0.1) is 20.2 Å². The molecule has 11 heteroatoms. The molecule has 2 aliphatic heterocycles. The van der Waals surface area contributed by atoms with E-state index in [2.05, 4.69) is 20.8 Å². The number of piperidine rings is 1. The third-order valence-electron chi connectivity index (χ3n) is 6.56. The predicted octanol–water partition coefficient (Wildman–Crippen LogP) is 5.64. The van der Waals surface area contributed by atoms with Crippen molar-refractivity contribution in [1.82, 2.24) is 9.21 Å². The van der Waals surface area contributed by atoms with Crippen molar-refractivity contribution in [2.45, 2.75) is 24.2 Å². The highest BCUT2D eigenvalue weighted by atomic mass is 79.9. The highest BCUT2D eigenvalue weighted by Crippen LogP contribution is 2.37. The van der Waals surface area contributed by atoms with E-state index < -0.39 is 10.0 Å².